The quantitative estimate of drug-likeness (QED) is 0.561. The summed E-state index contributed by atoms with van der Waals surface area (Å²) in [6.45, 7) is 19.3. The van der Waals surface area contributed by atoms with Gasteiger partial charge in [-0.05, 0) is 22.2 Å². The zero-order valence-corrected chi connectivity index (χ0v) is 17.5. The van der Waals surface area contributed by atoms with Gasteiger partial charge in [0.1, 0.15) is 12.2 Å². The summed E-state index contributed by atoms with van der Waals surface area (Å²) in [5.74, 6) is 0. The van der Waals surface area contributed by atoms with Crippen molar-refractivity contribution in [1.29, 1.82) is 0 Å². The molecule has 0 aromatic heterocycles. The molecule has 6 heteroatoms. The third kappa shape index (κ3) is 3.23. The fourth-order valence-corrected chi connectivity index (χ4v) is 14.8. The molecule has 2 saturated heterocycles. The maximum absolute atomic E-state index is 7.04. The predicted octanol–water partition coefficient (Wildman–Crippen LogP) is 4.34. The molecule has 2 rings (SSSR count). The van der Waals surface area contributed by atoms with Crippen molar-refractivity contribution >= 4 is 17.1 Å². The molecule has 130 valence electrons. The van der Waals surface area contributed by atoms with Crippen LogP contribution in [0.4, 0.5) is 0 Å². The van der Waals surface area contributed by atoms with Gasteiger partial charge in [0.15, 0.2) is 0 Å². The molecule has 0 saturated carbocycles. The van der Waals surface area contributed by atoms with Crippen LogP contribution in [-0.2, 0) is 17.7 Å². The maximum atomic E-state index is 7.04. The molecule has 0 bridgehead atoms. The van der Waals surface area contributed by atoms with Crippen LogP contribution in [0.2, 0.25) is 22.2 Å². The maximum Gasteiger partial charge on any atom is 0.334 e. The summed E-state index contributed by atoms with van der Waals surface area (Å²) < 4.78 is 25.8. The molecule has 22 heavy (non-hydrogen) atoms. The fraction of sp³-hybridized carbons (Fsp3) is 1.00. The summed E-state index contributed by atoms with van der Waals surface area (Å²) in [7, 11) is -4.74. The highest BCUT2D eigenvalue weighted by atomic mass is 28.5. The van der Waals surface area contributed by atoms with Crippen molar-refractivity contribution in [2.75, 3.05) is 13.2 Å². The first-order chi connectivity index (χ1) is 10.2. The Balaban J connectivity index is 2.43. The fourth-order valence-electron chi connectivity index (χ4n) is 3.68. The van der Waals surface area contributed by atoms with Crippen LogP contribution < -0.4 is 0 Å². The molecular formula is C16H34O4Si2. The number of hydrogen-bond acceptors (Lipinski definition) is 4. The van der Waals surface area contributed by atoms with E-state index in [1.54, 1.807) is 0 Å². The zero-order valence-electron chi connectivity index (χ0n) is 15.5. The Kier molecular flexibility index (Phi) is 5.62. The van der Waals surface area contributed by atoms with Gasteiger partial charge in [0, 0.05) is 0 Å². The average molecular weight is 347 g/mol. The number of ether oxygens (including phenoxy) is 1. The Labute approximate surface area is 138 Å². The second-order valence-electron chi connectivity index (χ2n) is 8.00. The first-order valence-corrected chi connectivity index (χ1v) is 12.7. The average Bonchev–Trinajstić information content (AvgIpc) is 3.14. The van der Waals surface area contributed by atoms with Crippen molar-refractivity contribution in [3.8, 4) is 0 Å². The van der Waals surface area contributed by atoms with Crippen molar-refractivity contribution in [1.82, 2.24) is 0 Å². The standard InChI is InChI=1S/C16H34O4Si2/c1-11(2)21(12(3)4)17-9-15-16(19-15)10-18-22(20-21,13(5)6)14(7)8/h11-16H,9-10H2,1-8H3. The third-order valence-electron chi connectivity index (χ3n) is 5.17. The largest absolute Gasteiger partial charge is 0.414 e. The molecule has 0 radical (unpaired) electrons. The molecule has 0 spiro atoms. The SMILES string of the molecule is CC(C)[Si]1(C(C)C)OCC2OC2CO[Si](C(C)C)(C(C)C)O1. The van der Waals surface area contributed by atoms with Gasteiger partial charge in [-0.2, -0.15) is 0 Å². The van der Waals surface area contributed by atoms with Crippen molar-refractivity contribution in [2.45, 2.75) is 89.8 Å². The van der Waals surface area contributed by atoms with Crippen LogP contribution in [0, 0.1) is 0 Å². The highest BCUT2D eigenvalue weighted by Gasteiger charge is 2.59. The minimum Gasteiger partial charge on any atom is -0.414 e. The molecule has 2 heterocycles. The minimum atomic E-state index is -2.37. The zero-order chi connectivity index (χ0) is 16.7. The first kappa shape index (κ1) is 18.6. The molecule has 0 amide bonds. The van der Waals surface area contributed by atoms with Gasteiger partial charge in [0.2, 0.25) is 0 Å². The van der Waals surface area contributed by atoms with Gasteiger partial charge in [-0.3, -0.25) is 0 Å². The Bertz CT molecular complexity index is 334. The number of hydrogen-bond donors (Lipinski definition) is 0. The molecule has 2 aliphatic heterocycles. The highest BCUT2D eigenvalue weighted by Crippen LogP contribution is 2.46. The Morgan fingerprint density at radius 1 is 0.636 bits per heavy atom. The van der Waals surface area contributed by atoms with Crippen molar-refractivity contribution in [3.05, 3.63) is 0 Å². The highest BCUT2D eigenvalue weighted by molar-refractivity contribution is 6.83. The summed E-state index contributed by atoms with van der Waals surface area (Å²) in [5, 5.41) is 0. The monoisotopic (exact) mass is 346 g/mol. The van der Waals surface area contributed by atoms with Gasteiger partial charge in [-0.1, -0.05) is 55.4 Å². The van der Waals surface area contributed by atoms with Crippen LogP contribution in [0.3, 0.4) is 0 Å². The van der Waals surface area contributed by atoms with E-state index in [0.29, 0.717) is 35.4 Å². The lowest BCUT2D eigenvalue weighted by Gasteiger charge is -2.47. The first-order valence-electron chi connectivity index (χ1n) is 8.79. The van der Waals surface area contributed by atoms with E-state index in [-0.39, 0.29) is 12.2 Å². The van der Waals surface area contributed by atoms with Gasteiger partial charge in [0.05, 0.1) is 13.2 Å². The smallest absolute Gasteiger partial charge is 0.334 e. The molecule has 2 unspecified atom stereocenters. The second-order valence-corrected chi connectivity index (χ2v) is 16.9. The Hall–Kier alpha value is 0.274. The molecule has 0 aromatic carbocycles. The van der Waals surface area contributed by atoms with Crippen molar-refractivity contribution in [2.24, 2.45) is 0 Å². The van der Waals surface area contributed by atoms with E-state index < -0.39 is 17.1 Å². The summed E-state index contributed by atoms with van der Waals surface area (Å²) in [4.78, 5) is 0. The van der Waals surface area contributed by atoms with E-state index in [9.17, 15) is 0 Å². The van der Waals surface area contributed by atoms with Crippen molar-refractivity contribution in [3.63, 3.8) is 0 Å². The van der Waals surface area contributed by atoms with Crippen LogP contribution in [0.1, 0.15) is 55.4 Å². The van der Waals surface area contributed by atoms with Gasteiger partial charge in [0.25, 0.3) is 0 Å². The van der Waals surface area contributed by atoms with Crippen LogP contribution in [-0.4, -0.2) is 42.5 Å². The molecule has 0 aromatic rings. The summed E-state index contributed by atoms with van der Waals surface area (Å²) in [5.41, 5.74) is 1.60. The Morgan fingerprint density at radius 2 is 0.955 bits per heavy atom. The number of fused-ring (bicyclic) bond motifs is 1. The molecule has 2 aliphatic rings. The van der Waals surface area contributed by atoms with E-state index in [1.807, 2.05) is 0 Å². The lowest BCUT2D eigenvalue weighted by Crippen LogP contribution is -2.61. The van der Waals surface area contributed by atoms with E-state index >= 15 is 0 Å². The van der Waals surface area contributed by atoms with Crippen molar-refractivity contribution < 1.29 is 17.7 Å². The summed E-state index contributed by atoms with van der Waals surface area (Å²) >= 11 is 0. The summed E-state index contributed by atoms with van der Waals surface area (Å²) in [6, 6.07) is 0. The van der Waals surface area contributed by atoms with Crippen LogP contribution in [0.15, 0.2) is 0 Å². The van der Waals surface area contributed by atoms with E-state index in [1.165, 1.54) is 0 Å². The number of rotatable bonds is 4. The van der Waals surface area contributed by atoms with E-state index in [4.69, 9.17) is 17.7 Å². The van der Waals surface area contributed by atoms with Crippen LogP contribution >= 0.6 is 0 Å². The molecule has 0 N–H and O–H groups in total. The molecule has 2 atom stereocenters. The second kappa shape index (κ2) is 6.65. The lowest BCUT2D eigenvalue weighted by molar-refractivity contribution is 0.140. The molecule has 2 fully saturated rings. The Morgan fingerprint density at radius 3 is 1.23 bits per heavy atom. The summed E-state index contributed by atoms with van der Waals surface area (Å²) in [6.07, 6.45) is 0.411. The molecule has 4 nitrogen and oxygen atoms in total. The predicted molar refractivity (Wildman–Crippen MR) is 93.6 cm³/mol. The molecule has 0 aliphatic carbocycles. The lowest BCUT2D eigenvalue weighted by atomic mass is 10.3. The van der Waals surface area contributed by atoms with Gasteiger partial charge in [-0.25, -0.2) is 0 Å². The third-order valence-corrected chi connectivity index (χ3v) is 15.4. The normalized spacial score (nSPS) is 31.1. The number of epoxide rings is 1. The van der Waals surface area contributed by atoms with Gasteiger partial charge >= 0.3 is 17.1 Å². The van der Waals surface area contributed by atoms with Crippen LogP contribution in [0.5, 0.6) is 0 Å². The molecular weight excluding hydrogens is 312 g/mol. The van der Waals surface area contributed by atoms with Crippen LogP contribution in [0.25, 0.3) is 0 Å². The van der Waals surface area contributed by atoms with E-state index in [2.05, 4.69) is 55.4 Å². The van der Waals surface area contributed by atoms with E-state index in [0.717, 1.165) is 0 Å². The van der Waals surface area contributed by atoms with Gasteiger partial charge in [-0.15, -0.1) is 0 Å². The van der Waals surface area contributed by atoms with Gasteiger partial charge < -0.3 is 17.7 Å². The minimum absolute atomic E-state index is 0.206. The topological polar surface area (TPSA) is 40.2 Å².